The number of anilines is 1. The Hall–Kier alpha value is -2.66. The van der Waals surface area contributed by atoms with Crippen molar-refractivity contribution in [2.75, 3.05) is 11.9 Å². The number of hydrogen-bond acceptors (Lipinski definition) is 4. The summed E-state index contributed by atoms with van der Waals surface area (Å²) in [5, 5.41) is 2.96. The first kappa shape index (κ1) is 17.7. The molecule has 0 aliphatic carbocycles. The van der Waals surface area contributed by atoms with E-state index in [9.17, 15) is 14.4 Å². The summed E-state index contributed by atoms with van der Waals surface area (Å²) in [7, 11) is 0. The van der Waals surface area contributed by atoms with Crippen LogP contribution in [0.2, 0.25) is 5.02 Å². The standard InChI is InChI=1S/C18H16ClNO4/c1-12(21)20-14-8-6-13(7-9-14)10-18(23)24-11-17(22)15-4-2-3-5-16(15)19/h2-9H,10-11H2,1H3,(H,20,21). The Labute approximate surface area is 144 Å². The van der Waals surface area contributed by atoms with Crippen LogP contribution in [0.4, 0.5) is 5.69 Å². The molecule has 0 unspecified atom stereocenters. The minimum Gasteiger partial charge on any atom is -0.457 e. The van der Waals surface area contributed by atoms with Gasteiger partial charge in [0.05, 0.1) is 11.4 Å². The first-order valence-electron chi connectivity index (χ1n) is 7.25. The quantitative estimate of drug-likeness (QED) is 0.644. The zero-order valence-corrected chi connectivity index (χ0v) is 13.8. The number of rotatable bonds is 6. The second kappa shape index (κ2) is 8.26. The van der Waals surface area contributed by atoms with E-state index < -0.39 is 5.97 Å². The second-order valence-electron chi connectivity index (χ2n) is 5.12. The normalized spacial score (nSPS) is 10.1. The van der Waals surface area contributed by atoms with Crippen LogP contribution in [-0.2, 0) is 20.7 Å². The van der Waals surface area contributed by atoms with E-state index in [0.29, 0.717) is 16.3 Å². The van der Waals surface area contributed by atoms with E-state index in [-0.39, 0.29) is 24.7 Å². The molecular formula is C18H16ClNO4. The average Bonchev–Trinajstić information content (AvgIpc) is 2.54. The molecule has 0 saturated heterocycles. The van der Waals surface area contributed by atoms with Gasteiger partial charge >= 0.3 is 5.97 Å². The molecule has 0 aliphatic rings. The Morgan fingerprint density at radius 1 is 1.04 bits per heavy atom. The summed E-state index contributed by atoms with van der Waals surface area (Å²) in [6, 6.07) is 13.4. The highest BCUT2D eigenvalue weighted by Crippen LogP contribution is 2.16. The number of carbonyl (C=O) groups excluding carboxylic acids is 3. The van der Waals surface area contributed by atoms with Gasteiger partial charge in [0.2, 0.25) is 11.7 Å². The van der Waals surface area contributed by atoms with E-state index in [1.165, 1.54) is 6.92 Å². The highest BCUT2D eigenvalue weighted by molar-refractivity contribution is 6.34. The molecule has 0 radical (unpaired) electrons. The largest absolute Gasteiger partial charge is 0.457 e. The van der Waals surface area contributed by atoms with Crippen molar-refractivity contribution >= 4 is 34.9 Å². The molecule has 2 rings (SSSR count). The average molecular weight is 346 g/mol. The number of ketones is 1. The maximum atomic E-state index is 12.0. The van der Waals surface area contributed by atoms with E-state index in [1.807, 2.05) is 0 Å². The van der Waals surface area contributed by atoms with Gasteiger partial charge in [0.1, 0.15) is 0 Å². The van der Waals surface area contributed by atoms with E-state index in [2.05, 4.69) is 5.32 Å². The van der Waals surface area contributed by atoms with Crippen LogP contribution in [0.3, 0.4) is 0 Å². The topological polar surface area (TPSA) is 72.5 Å². The molecule has 2 aromatic carbocycles. The molecule has 5 nitrogen and oxygen atoms in total. The number of benzene rings is 2. The van der Waals surface area contributed by atoms with Crippen molar-refractivity contribution < 1.29 is 19.1 Å². The fourth-order valence-corrected chi connectivity index (χ4v) is 2.28. The molecule has 0 bridgehead atoms. The van der Waals surface area contributed by atoms with Gasteiger partial charge in [-0.3, -0.25) is 14.4 Å². The Kier molecular flexibility index (Phi) is 6.09. The maximum absolute atomic E-state index is 12.0. The Balaban J connectivity index is 1.86. The van der Waals surface area contributed by atoms with E-state index in [0.717, 1.165) is 5.56 Å². The van der Waals surface area contributed by atoms with Crippen LogP contribution < -0.4 is 5.32 Å². The third kappa shape index (κ3) is 5.21. The van der Waals surface area contributed by atoms with Crippen molar-refractivity contribution in [2.24, 2.45) is 0 Å². The number of amides is 1. The van der Waals surface area contributed by atoms with Gasteiger partial charge in [0, 0.05) is 18.2 Å². The summed E-state index contributed by atoms with van der Waals surface area (Å²) in [4.78, 5) is 34.7. The molecule has 0 atom stereocenters. The number of esters is 1. The van der Waals surface area contributed by atoms with Gasteiger partial charge in [-0.05, 0) is 29.8 Å². The van der Waals surface area contributed by atoms with Crippen molar-refractivity contribution in [3.8, 4) is 0 Å². The number of halogens is 1. The molecule has 0 saturated carbocycles. The Morgan fingerprint density at radius 3 is 2.33 bits per heavy atom. The van der Waals surface area contributed by atoms with E-state index in [4.69, 9.17) is 16.3 Å². The highest BCUT2D eigenvalue weighted by Gasteiger charge is 2.13. The lowest BCUT2D eigenvalue weighted by Gasteiger charge is -2.07. The number of nitrogens with one attached hydrogen (secondary N) is 1. The predicted molar refractivity (Wildman–Crippen MR) is 91.2 cm³/mol. The zero-order valence-electron chi connectivity index (χ0n) is 13.0. The second-order valence-corrected chi connectivity index (χ2v) is 5.53. The Morgan fingerprint density at radius 2 is 1.71 bits per heavy atom. The van der Waals surface area contributed by atoms with Crippen LogP contribution in [-0.4, -0.2) is 24.3 Å². The lowest BCUT2D eigenvalue weighted by Crippen LogP contribution is -2.16. The molecule has 0 aromatic heterocycles. The molecule has 0 fully saturated rings. The zero-order chi connectivity index (χ0) is 17.5. The van der Waals surface area contributed by atoms with Crippen molar-refractivity contribution in [3.05, 3.63) is 64.7 Å². The molecule has 1 amide bonds. The Bertz CT molecular complexity index is 756. The van der Waals surface area contributed by atoms with Crippen LogP contribution >= 0.6 is 11.6 Å². The summed E-state index contributed by atoms with van der Waals surface area (Å²) < 4.78 is 5.00. The molecule has 124 valence electrons. The van der Waals surface area contributed by atoms with Crippen molar-refractivity contribution in [1.29, 1.82) is 0 Å². The summed E-state index contributed by atoms with van der Waals surface area (Å²) in [5.41, 5.74) is 1.69. The first-order valence-corrected chi connectivity index (χ1v) is 7.63. The summed E-state index contributed by atoms with van der Waals surface area (Å²) in [6.07, 6.45) is 0.0379. The molecule has 0 heterocycles. The van der Waals surface area contributed by atoms with Crippen LogP contribution in [0.15, 0.2) is 48.5 Å². The van der Waals surface area contributed by atoms with Crippen LogP contribution in [0.5, 0.6) is 0 Å². The van der Waals surface area contributed by atoms with E-state index >= 15 is 0 Å². The predicted octanol–water partition coefficient (Wildman–Crippen LogP) is 3.27. The van der Waals surface area contributed by atoms with Gasteiger partial charge in [-0.15, -0.1) is 0 Å². The molecule has 6 heteroatoms. The molecule has 0 spiro atoms. The maximum Gasteiger partial charge on any atom is 0.310 e. The fourth-order valence-electron chi connectivity index (χ4n) is 2.04. The van der Waals surface area contributed by atoms with Crippen LogP contribution in [0, 0.1) is 0 Å². The molecule has 1 N–H and O–H groups in total. The summed E-state index contributed by atoms with van der Waals surface area (Å²) in [6.45, 7) is 1.06. The highest BCUT2D eigenvalue weighted by atomic mass is 35.5. The van der Waals surface area contributed by atoms with Crippen LogP contribution in [0.1, 0.15) is 22.8 Å². The first-order chi connectivity index (χ1) is 11.5. The molecule has 0 aliphatic heterocycles. The molecule has 24 heavy (non-hydrogen) atoms. The number of Topliss-reactive ketones (excluding diaryl/α,β-unsaturated/α-hetero) is 1. The van der Waals surface area contributed by atoms with Gasteiger partial charge in [0.25, 0.3) is 0 Å². The van der Waals surface area contributed by atoms with Gasteiger partial charge < -0.3 is 10.1 Å². The van der Waals surface area contributed by atoms with Crippen molar-refractivity contribution in [3.63, 3.8) is 0 Å². The third-order valence-electron chi connectivity index (χ3n) is 3.16. The van der Waals surface area contributed by atoms with Gasteiger partial charge in [-0.2, -0.15) is 0 Å². The van der Waals surface area contributed by atoms with Crippen molar-refractivity contribution in [2.45, 2.75) is 13.3 Å². The van der Waals surface area contributed by atoms with Gasteiger partial charge in [-0.25, -0.2) is 0 Å². The van der Waals surface area contributed by atoms with Crippen LogP contribution in [0.25, 0.3) is 0 Å². The fraction of sp³-hybridized carbons (Fsp3) is 0.167. The lowest BCUT2D eigenvalue weighted by atomic mass is 10.1. The number of hydrogen-bond donors (Lipinski definition) is 1. The van der Waals surface area contributed by atoms with Crippen molar-refractivity contribution in [1.82, 2.24) is 0 Å². The minimum atomic E-state index is -0.511. The third-order valence-corrected chi connectivity index (χ3v) is 3.49. The number of ether oxygens (including phenoxy) is 1. The minimum absolute atomic E-state index is 0.0379. The number of carbonyl (C=O) groups is 3. The van der Waals surface area contributed by atoms with Gasteiger partial charge in [-0.1, -0.05) is 35.9 Å². The monoisotopic (exact) mass is 345 g/mol. The molecule has 2 aromatic rings. The van der Waals surface area contributed by atoms with Gasteiger partial charge in [0.15, 0.2) is 6.61 Å². The molecular weight excluding hydrogens is 330 g/mol. The lowest BCUT2D eigenvalue weighted by molar-refractivity contribution is -0.141. The summed E-state index contributed by atoms with van der Waals surface area (Å²) >= 11 is 5.92. The summed E-state index contributed by atoms with van der Waals surface area (Å²) in [5.74, 6) is -1.03. The SMILES string of the molecule is CC(=O)Nc1ccc(CC(=O)OCC(=O)c2ccccc2Cl)cc1. The van der Waals surface area contributed by atoms with E-state index in [1.54, 1.807) is 48.5 Å². The smallest absolute Gasteiger partial charge is 0.310 e.